The van der Waals surface area contributed by atoms with Crippen molar-refractivity contribution in [3.63, 3.8) is 0 Å². The third kappa shape index (κ3) is 4.39. The Hall–Kier alpha value is -2.62. The molecule has 182 valence electrons. The highest BCUT2D eigenvalue weighted by molar-refractivity contribution is 6.21. The van der Waals surface area contributed by atoms with Crippen molar-refractivity contribution in [3.8, 4) is 0 Å². The number of amides is 2. The van der Waals surface area contributed by atoms with E-state index in [-0.39, 0.29) is 35.5 Å². The smallest absolute Gasteiger partial charge is 0.244 e. The van der Waals surface area contributed by atoms with Crippen LogP contribution in [0.2, 0.25) is 0 Å². The van der Waals surface area contributed by atoms with E-state index < -0.39 is 5.41 Å². The third-order valence-corrected chi connectivity index (χ3v) is 6.81. The topological polar surface area (TPSA) is 40.6 Å². The van der Waals surface area contributed by atoms with E-state index in [9.17, 15) is 9.59 Å². The van der Waals surface area contributed by atoms with E-state index in [0.29, 0.717) is 0 Å². The predicted octanol–water partition coefficient (Wildman–Crippen LogP) is 7.58. The maximum Gasteiger partial charge on any atom is 0.244 e. The van der Waals surface area contributed by atoms with Crippen LogP contribution in [0.1, 0.15) is 115 Å². The summed E-state index contributed by atoms with van der Waals surface area (Å²) in [7, 11) is 0. The fraction of sp³-hybridized carbons (Fsp3) is 0.500. The Labute approximate surface area is 206 Å². The van der Waals surface area contributed by atoms with Crippen molar-refractivity contribution in [2.24, 2.45) is 5.41 Å². The number of para-hydroxylation sites is 2. The second-order valence-corrected chi connectivity index (χ2v) is 11.2. The molecule has 1 fully saturated rings. The summed E-state index contributed by atoms with van der Waals surface area (Å²) in [6.07, 6.45) is 0. The molecule has 3 rings (SSSR count). The Kier molecular flexibility index (Phi) is 7.31. The second-order valence-electron chi connectivity index (χ2n) is 11.2. The number of hydrogen-bond acceptors (Lipinski definition) is 2. The van der Waals surface area contributed by atoms with Crippen LogP contribution < -0.4 is 9.80 Å². The first-order chi connectivity index (χ1) is 15.8. The molecule has 2 radical (unpaired) electrons. The number of rotatable bonds is 6. The summed E-state index contributed by atoms with van der Waals surface area (Å²) in [6, 6.07) is 12.4. The molecule has 1 aliphatic heterocycles. The monoisotopic (exact) mass is 460 g/mol. The molecule has 2 amide bonds. The summed E-state index contributed by atoms with van der Waals surface area (Å²) in [5, 5.41) is 0. The molecule has 0 atom stereocenters. The van der Waals surface area contributed by atoms with Gasteiger partial charge in [-0.25, -0.2) is 0 Å². The Morgan fingerprint density at radius 2 is 0.853 bits per heavy atom. The molecular formula is C30H40N2O2. The summed E-state index contributed by atoms with van der Waals surface area (Å²) >= 11 is 0. The third-order valence-electron chi connectivity index (χ3n) is 6.81. The maximum atomic E-state index is 13.8. The predicted molar refractivity (Wildman–Crippen MR) is 141 cm³/mol. The van der Waals surface area contributed by atoms with Gasteiger partial charge in [0.05, 0.1) is 11.4 Å². The van der Waals surface area contributed by atoms with Gasteiger partial charge in [0.1, 0.15) is 5.41 Å². The van der Waals surface area contributed by atoms with Gasteiger partial charge in [-0.3, -0.25) is 19.4 Å². The first kappa shape index (κ1) is 26.0. The van der Waals surface area contributed by atoms with Gasteiger partial charge in [0, 0.05) is 0 Å². The molecule has 0 unspecified atom stereocenters. The standard InChI is InChI=1S/C30H40N2O2/c1-18(2)22-13-11-14-23(19(3)4)26(22)31-17-32(29(34)30(9,10)28(31)33)27-24(20(5)6)15-12-16-25(27)21(7)8/h11-16,18-21H,1-10H3. The lowest BCUT2D eigenvalue weighted by Gasteiger charge is -2.44. The van der Waals surface area contributed by atoms with Crippen LogP contribution >= 0.6 is 0 Å². The largest absolute Gasteiger partial charge is 0.278 e. The summed E-state index contributed by atoms with van der Waals surface area (Å²) in [5.41, 5.74) is 4.82. The fourth-order valence-corrected chi connectivity index (χ4v) is 4.68. The van der Waals surface area contributed by atoms with Gasteiger partial charge in [-0.15, -0.1) is 0 Å². The highest BCUT2D eigenvalue weighted by Crippen LogP contribution is 2.45. The first-order valence-corrected chi connectivity index (χ1v) is 12.5. The summed E-state index contributed by atoms with van der Waals surface area (Å²) in [5.74, 6) is 0.380. The van der Waals surface area contributed by atoms with Crippen molar-refractivity contribution in [3.05, 3.63) is 65.3 Å². The normalized spacial score (nSPS) is 16.5. The second kappa shape index (κ2) is 9.56. The van der Waals surface area contributed by atoms with Crippen LogP contribution in [0.5, 0.6) is 0 Å². The van der Waals surface area contributed by atoms with Crippen LogP contribution in [-0.4, -0.2) is 11.8 Å². The zero-order valence-corrected chi connectivity index (χ0v) is 22.5. The van der Waals surface area contributed by atoms with Crippen LogP contribution in [0.25, 0.3) is 0 Å². The summed E-state index contributed by atoms with van der Waals surface area (Å²) in [4.78, 5) is 30.9. The number of nitrogens with zero attached hydrogens (tertiary/aromatic N) is 2. The van der Waals surface area contributed by atoms with Crippen molar-refractivity contribution >= 4 is 23.2 Å². The van der Waals surface area contributed by atoms with Gasteiger partial charge in [0.2, 0.25) is 18.5 Å². The minimum absolute atomic E-state index is 0.215. The lowest BCUT2D eigenvalue weighted by Crippen LogP contribution is -2.59. The summed E-state index contributed by atoms with van der Waals surface area (Å²) < 4.78 is 0. The minimum atomic E-state index is -1.22. The number of carbonyl (C=O) groups excluding carboxylic acids is 2. The SMILES string of the molecule is CC(C)c1cccc(C(C)C)c1N1[C]N(c2c(C(C)C)cccc2C(C)C)C(=O)C(C)(C)C1=O. The van der Waals surface area contributed by atoms with Gasteiger partial charge in [-0.1, -0.05) is 91.8 Å². The van der Waals surface area contributed by atoms with Gasteiger partial charge >= 0.3 is 0 Å². The highest BCUT2D eigenvalue weighted by Gasteiger charge is 2.50. The van der Waals surface area contributed by atoms with E-state index in [2.05, 4.69) is 98.5 Å². The lowest BCUT2D eigenvalue weighted by atomic mass is 9.84. The minimum Gasteiger partial charge on any atom is -0.278 e. The first-order valence-electron chi connectivity index (χ1n) is 12.5. The van der Waals surface area contributed by atoms with Gasteiger partial charge in [0.25, 0.3) is 0 Å². The van der Waals surface area contributed by atoms with E-state index in [1.807, 2.05) is 0 Å². The molecule has 4 heteroatoms. The number of carbonyl (C=O) groups is 2. The average molecular weight is 461 g/mol. The Morgan fingerprint density at radius 1 is 0.588 bits per heavy atom. The number of benzene rings is 2. The van der Waals surface area contributed by atoms with Crippen molar-refractivity contribution in [2.45, 2.75) is 92.9 Å². The number of anilines is 2. The average Bonchev–Trinajstić information content (AvgIpc) is 2.77. The Bertz CT molecular complexity index is 943. The highest BCUT2D eigenvalue weighted by atomic mass is 16.2. The molecule has 0 N–H and O–H groups in total. The van der Waals surface area contributed by atoms with E-state index >= 15 is 0 Å². The molecule has 1 heterocycles. The van der Waals surface area contributed by atoms with Crippen LogP contribution in [0.15, 0.2) is 36.4 Å². The van der Waals surface area contributed by atoms with Crippen LogP contribution in [-0.2, 0) is 9.59 Å². The molecule has 0 aliphatic carbocycles. The lowest BCUT2D eigenvalue weighted by molar-refractivity contribution is -0.139. The summed E-state index contributed by atoms with van der Waals surface area (Å²) in [6.45, 7) is 23.8. The molecule has 2 aromatic rings. The van der Waals surface area contributed by atoms with E-state index in [4.69, 9.17) is 0 Å². The maximum absolute atomic E-state index is 13.8. The van der Waals surface area contributed by atoms with Gasteiger partial charge in [0.15, 0.2) is 0 Å². The Balaban J connectivity index is 2.30. The molecule has 34 heavy (non-hydrogen) atoms. The van der Waals surface area contributed by atoms with Gasteiger partial charge in [-0.05, 0) is 59.8 Å². The molecule has 0 aromatic heterocycles. The van der Waals surface area contributed by atoms with E-state index in [0.717, 1.165) is 33.6 Å². The van der Waals surface area contributed by atoms with Crippen LogP contribution in [0.4, 0.5) is 11.4 Å². The quantitative estimate of drug-likeness (QED) is 0.417. The zero-order valence-electron chi connectivity index (χ0n) is 22.5. The molecule has 0 bridgehead atoms. The van der Waals surface area contributed by atoms with E-state index in [1.165, 1.54) is 0 Å². The Morgan fingerprint density at radius 3 is 1.09 bits per heavy atom. The van der Waals surface area contributed by atoms with Crippen molar-refractivity contribution in [1.82, 2.24) is 0 Å². The van der Waals surface area contributed by atoms with Gasteiger partial charge < -0.3 is 0 Å². The number of hydrogen-bond donors (Lipinski definition) is 0. The van der Waals surface area contributed by atoms with Crippen molar-refractivity contribution in [1.29, 1.82) is 0 Å². The van der Waals surface area contributed by atoms with E-state index in [1.54, 1.807) is 23.6 Å². The van der Waals surface area contributed by atoms with Crippen molar-refractivity contribution < 1.29 is 9.59 Å². The molecule has 0 saturated carbocycles. The van der Waals surface area contributed by atoms with Crippen molar-refractivity contribution in [2.75, 3.05) is 9.80 Å². The molecular weight excluding hydrogens is 420 g/mol. The zero-order chi connectivity index (χ0) is 25.5. The molecule has 1 aliphatic rings. The van der Waals surface area contributed by atoms with Crippen LogP contribution in [0, 0.1) is 12.1 Å². The molecule has 1 saturated heterocycles. The molecule has 4 nitrogen and oxygen atoms in total. The van der Waals surface area contributed by atoms with Crippen LogP contribution in [0.3, 0.4) is 0 Å². The molecule has 0 spiro atoms. The fourth-order valence-electron chi connectivity index (χ4n) is 4.68. The molecule has 2 aromatic carbocycles. The van der Waals surface area contributed by atoms with Gasteiger partial charge in [-0.2, -0.15) is 0 Å².